The third-order valence-electron chi connectivity index (χ3n) is 3.64. The van der Waals surface area contributed by atoms with E-state index in [1.807, 2.05) is 0 Å². The minimum absolute atomic E-state index is 0.152. The van der Waals surface area contributed by atoms with E-state index in [0.29, 0.717) is 18.6 Å². The van der Waals surface area contributed by atoms with E-state index in [4.69, 9.17) is 14.2 Å². The highest BCUT2D eigenvalue weighted by molar-refractivity contribution is 5.81. The molecule has 16 heavy (non-hydrogen) atoms. The first-order chi connectivity index (χ1) is 7.72. The third-order valence-corrected chi connectivity index (χ3v) is 3.64. The van der Waals surface area contributed by atoms with Crippen LogP contribution in [-0.4, -0.2) is 38.5 Å². The molecule has 0 amide bonds. The standard InChI is InChI=1S/C12H20O4/c1-14-12(15-2)7-11(13)8-5-9-3-4-10(6-8)16-9/h8-10,12H,3-7H2,1-2H3. The van der Waals surface area contributed by atoms with E-state index in [9.17, 15) is 4.79 Å². The van der Waals surface area contributed by atoms with Gasteiger partial charge in [-0.3, -0.25) is 4.79 Å². The number of rotatable bonds is 5. The molecule has 0 spiro atoms. The first-order valence-corrected chi connectivity index (χ1v) is 5.96. The topological polar surface area (TPSA) is 44.8 Å². The zero-order valence-electron chi connectivity index (χ0n) is 9.98. The van der Waals surface area contributed by atoms with Gasteiger partial charge in [-0.25, -0.2) is 0 Å². The Hall–Kier alpha value is -0.450. The Morgan fingerprint density at radius 1 is 1.25 bits per heavy atom. The fourth-order valence-electron chi connectivity index (χ4n) is 2.71. The van der Waals surface area contributed by atoms with E-state index in [-0.39, 0.29) is 11.7 Å². The number of hydrogen-bond acceptors (Lipinski definition) is 4. The van der Waals surface area contributed by atoms with Gasteiger partial charge in [0.15, 0.2) is 6.29 Å². The molecule has 2 atom stereocenters. The summed E-state index contributed by atoms with van der Waals surface area (Å²) in [6.07, 6.45) is 4.60. The summed E-state index contributed by atoms with van der Waals surface area (Å²) in [4.78, 5) is 12.0. The lowest BCUT2D eigenvalue weighted by molar-refractivity contribution is -0.145. The average Bonchev–Trinajstić information content (AvgIpc) is 2.64. The number of Topliss-reactive ketones (excluding diaryl/α,β-unsaturated/α-hetero) is 1. The van der Waals surface area contributed by atoms with Crippen molar-refractivity contribution in [3.05, 3.63) is 0 Å². The van der Waals surface area contributed by atoms with Gasteiger partial charge in [0.1, 0.15) is 5.78 Å². The molecular weight excluding hydrogens is 208 g/mol. The Morgan fingerprint density at radius 3 is 2.31 bits per heavy atom. The van der Waals surface area contributed by atoms with E-state index in [0.717, 1.165) is 25.7 Å². The Kier molecular flexibility index (Phi) is 3.95. The maximum atomic E-state index is 12.0. The van der Waals surface area contributed by atoms with Crippen LogP contribution in [0.3, 0.4) is 0 Å². The van der Waals surface area contributed by atoms with E-state index < -0.39 is 6.29 Å². The lowest BCUT2D eigenvalue weighted by Crippen LogP contribution is -2.32. The van der Waals surface area contributed by atoms with Crippen molar-refractivity contribution in [2.45, 2.75) is 50.6 Å². The lowest BCUT2D eigenvalue weighted by atomic mass is 9.90. The Labute approximate surface area is 96.2 Å². The van der Waals surface area contributed by atoms with Crippen molar-refractivity contribution in [3.8, 4) is 0 Å². The quantitative estimate of drug-likeness (QED) is 0.669. The summed E-state index contributed by atoms with van der Waals surface area (Å²) in [6.45, 7) is 0. The fraction of sp³-hybridized carbons (Fsp3) is 0.917. The van der Waals surface area contributed by atoms with E-state index in [2.05, 4.69) is 0 Å². The van der Waals surface area contributed by atoms with Crippen molar-refractivity contribution in [2.24, 2.45) is 5.92 Å². The minimum atomic E-state index is -0.395. The van der Waals surface area contributed by atoms with Gasteiger partial charge in [-0.1, -0.05) is 0 Å². The maximum absolute atomic E-state index is 12.0. The molecule has 2 aliphatic heterocycles. The molecule has 0 aliphatic carbocycles. The number of ether oxygens (including phenoxy) is 3. The van der Waals surface area contributed by atoms with Crippen LogP contribution in [-0.2, 0) is 19.0 Å². The SMILES string of the molecule is COC(CC(=O)C1CC2CCC(C1)O2)OC. The first kappa shape index (κ1) is 12.0. The van der Waals surface area contributed by atoms with Crippen LogP contribution in [0, 0.1) is 5.92 Å². The van der Waals surface area contributed by atoms with Crippen LogP contribution in [0.5, 0.6) is 0 Å². The molecular formula is C12H20O4. The van der Waals surface area contributed by atoms with Crippen LogP contribution in [0.25, 0.3) is 0 Å². The molecule has 2 saturated heterocycles. The van der Waals surface area contributed by atoms with Crippen LogP contribution < -0.4 is 0 Å². The number of carbonyl (C=O) groups excluding carboxylic acids is 1. The number of methoxy groups -OCH3 is 2. The normalized spacial score (nSPS) is 33.3. The van der Waals surface area contributed by atoms with Crippen molar-refractivity contribution in [1.82, 2.24) is 0 Å². The molecule has 4 heteroatoms. The van der Waals surface area contributed by atoms with Gasteiger partial charge in [0.2, 0.25) is 0 Å². The van der Waals surface area contributed by atoms with Crippen molar-refractivity contribution >= 4 is 5.78 Å². The molecule has 92 valence electrons. The fourth-order valence-corrected chi connectivity index (χ4v) is 2.71. The molecule has 4 nitrogen and oxygen atoms in total. The van der Waals surface area contributed by atoms with Gasteiger partial charge in [-0.2, -0.15) is 0 Å². The molecule has 2 fully saturated rings. The first-order valence-electron chi connectivity index (χ1n) is 5.96. The van der Waals surface area contributed by atoms with Crippen LogP contribution in [0.4, 0.5) is 0 Å². The van der Waals surface area contributed by atoms with Crippen LogP contribution in [0.1, 0.15) is 32.1 Å². The smallest absolute Gasteiger partial charge is 0.163 e. The highest BCUT2D eigenvalue weighted by atomic mass is 16.7. The van der Waals surface area contributed by atoms with Gasteiger partial charge < -0.3 is 14.2 Å². The van der Waals surface area contributed by atoms with Crippen LogP contribution in [0.15, 0.2) is 0 Å². The largest absolute Gasteiger partial charge is 0.375 e. The summed E-state index contributed by atoms with van der Waals surface area (Å²) in [6, 6.07) is 0. The monoisotopic (exact) mass is 228 g/mol. The summed E-state index contributed by atoms with van der Waals surface area (Å²) in [5.41, 5.74) is 0. The number of ketones is 1. The molecule has 2 aliphatic rings. The highest BCUT2D eigenvalue weighted by Crippen LogP contribution is 2.36. The molecule has 0 aromatic rings. The zero-order chi connectivity index (χ0) is 11.5. The highest BCUT2D eigenvalue weighted by Gasteiger charge is 2.38. The van der Waals surface area contributed by atoms with Gasteiger partial charge in [0.25, 0.3) is 0 Å². The van der Waals surface area contributed by atoms with Gasteiger partial charge in [0.05, 0.1) is 18.6 Å². The van der Waals surface area contributed by atoms with Crippen molar-refractivity contribution < 1.29 is 19.0 Å². The van der Waals surface area contributed by atoms with Gasteiger partial charge in [-0.15, -0.1) is 0 Å². The molecule has 0 saturated carbocycles. The van der Waals surface area contributed by atoms with E-state index in [1.54, 1.807) is 14.2 Å². The molecule has 2 bridgehead atoms. The molecule has 0 N–H and O–H groups in total. The molecule has 0 aromatic carbocycles. The molecule has 2 heterocycles. The number of hydrogen-bond donors (Lipinski definition) is 0. The summed E-state index contributed by atoms with van der Waals surface area (Å²) >= 11 is 0. The Bertz CT molecular complexity index is 237. The number of carbonyl (C=O) groups is 1. The molecule has 0 aromatic heterocycles. The van der Waals surface area contributed by atoms with Crippen molar-refractivity contribution in [1.29, 1.82) is 0 Å². The molecule has 2 rings (SSSR count). The molecule has 2 unspecified atom stereocenters. The Balaban J connectivity index is 1.85. The van der Waals surface area contributed by atoms with Gasteiger partial charge >= 0.3 is 0 Å². The average molecular weight is 228 g/mol. The second-order valence-electron chi connectivity index (χ2n) is 4.70. The third kappa shape index (κ3) is 2.62. The van der Waals surface area contributed by atoms with E-state index >= 15 is 0 Å². The van der Waals surface area contributed by atoms with Gasteiger partial charge in [0, 0.05) is 20.1 Å². The predicted molar refractivity (Wildman–Crippen MR) is 58.0 cm³/mol. The second-order valence-corrected chi connectivity index (χ2v) is 4.70. The van der Waals surface area contributed by atoms with Crippen LogP contribution in [0.2, 0.25) is 0 Å². The summed E-state index contributed by atoms with van der Waals surface area (Å²) in [7, 11) is 3.13. The predicted octanol–water partition coefficient (Wildman–Crippen LogP) is 1.52. The summed E-state index contributed by atoms with van der Waals surface area (Å²) < 4.78 is 15.8. The number of fused-ring (bicyclic) bond motifs is 2. The van der Waals surface area contributed by atoms with Gasteiger partial charge in [-0.05, 0) is 25.7 Å². The second kappa shape index (κ2) is 5.25. The van der Waals surface area contributed by atoms with E-state index in [1.165, 1.54) is 0 Å². The van der Waals surface area contributed by atoms with Crippen molar-refractivity contribution in [3.63, 3.8) is 0 Å². The summed E-state index contributed by atoms with van der Waals surface area (Å²) in [5, 5.41) is 0. The summed E-state index contributed by atoms with van der Waals surface area (Å²) in [5.74, 6) is 0.410. The molecule has 0 radical (unpaired) electrons. The maximum Gasteiger partial charge on any atom is 0.163 e. The lowest BCUT2D eigenvalue weighted by Gasteiger charge is -2.28. The minimum Gasteiger partial charge on any atom is -0.375 e. The van der Waals surface area contributed by atoms with Crippen molar-refractivity contribution in [2.75, 3.05) is 14.2 Å². The zero-order valence-corrected chi connectivity index (χ0v) is 9.98. The Morgan fingerprint density at radius 2 is 1.81 bits per heavy atom. The van der Waals surface area contributed by atoms with Crippen LogP contribution >= 0.6 is 0 Å².